The molecular formula is C30H30F2N4O3. The Morgan fingerprint density at radius 2 is 1.64 bits per heavy atom. The summed E-state index contributed by atoms with van der Waals surface area (Å²) >= 11 is 0. The smallest absolute Gasteiger partial charge is 0.387 e. The quantitative estimate of drug-likeness (QED) is 0.306. The molecule has 1 aliphatic rings. The van der Waals surface area contributed by atoms with E-state index in [4.69, 9.17) is 10.00 Å². The number of nitriles is 1. The zero-order valence-electron chi connectivity index (χ0n) is 21.3. The molecule has 202 valence electrons. The summed E-state index contributed by atoms with van der Waals surface area (Å²) in [5.41, 5.74) is 3.41. The number of H-pyrrole nitrogens is 1. The van der Waals surface area contributed by atoms with E-state index in [1.807, 2.05) is 48.5 Å². The molecule has 9 heteroatoms. The molecule has 1 aliphatic heterocycles. The summed E-state index contributed by atoms with van der Waals surface area (Å²) in [6, 6.07) is 26.4. The number of alkyl halides is 2. The predicted molar refractivity (Wildman–Crippen MR) is 144 cm³/mol. The van der Waals surface area contributed by atoms with E-state index in [0.29, 0.717) is 18.0 Å². The van der Waals surface area contributed by atoms with Gasteiger partial charge in [0, 0.05) is 38.1 Å². The highest BCUT2D eigenvalue weighted by Crippen LogP contribution is 2.31. The van der Waals surface area contributed by atoms with E-state index < -0.39 is 12.7 Å². The Morgan fingerprint density at radius 1 is 0.923 bits per heavy atom. The monoisotopic (exact) mass is 532 g/mol. The molecule has 0 saturated carbocycles. The molecule has 5 rings (SSSR count). The van der Waals surface area contributed by atoms with Gasteiger partial charge >= 0.3 is 6.61 Å². The number of nitrogens with zero attached hydrogens (tertiary/aromatic N) is 3. The van der Waals surface area contributed by atoms with Crippen LogP contribution in [-0.2, 0) is 0 Å². The number of nitrogens with one attached hydrogen (secondary N) is 1. The lowest BCUT2D eigenvalue weighted by Crippen LogP contribution is -2.50. The first-order chi connectivity index (χ1) is 19.0. The van der Waals surface area contributed by atoms with Crippen molar-refractivity contribution in [2.75, 3.05) is 39.3 Å². The molecule has 0 radical (unpaired) electrons. The van der Waals surface area contributed by atoms with E-state index in [1.54, 1.807) is 18.2 Å². The lowest BCUT2D eigenvalue weighted by atomic mass is 9.96. The van der Waals surface area contributed by atoms with Crippen LogP contribution in [0.3, 0.4) is 0 Å². The summed E-state index contributed by atoms with van der Waals surface area (Å²) in [7, 11) is 0. The van der Waals surface area contributed by atoms with E-state index in [1.165, 1.54) is 0 Å². The molecule has 1 fully saturated rings. The summed E-state index contributed by atoms with van der Waals surface area (Å²) < 4.78 is 35.6. The number of hydrogen-bond donors (Lipinski definition) is 2. The minimum atomic E-state index is -2.85. The number of aromatic amines is 1. The van der Waals surface area contributed by atoms with Gasteiger partial charge in [0.2, 0.25) is 0 Å². The molecule has 2 atom stereocenters. The van der Waals surface area contributed by atoms with Crippen LogP contribution in [-0.4, -0.2) is 71.9 Å². The Hall–Kier alpha value is -3.97. The van der Waals surface area contributed by atoms with Gasteiger partial charge in [-0.15, -0.1) is 0 Å². The molecule has 2 heterocycles. The van der Waals surface area contributed by atoms with Crippen molar-refractivity contribution in [1.82, 2.24) is 14.8 Å². The lowest BCUT2D eigenvalue weighted by molar-refractivity contribution is -0.0498. The van der Waals surface area contributed by atoms with Crippen LogP contribution in [0.25, 0.3) is 10.9 Å². The molecule has 7 nitrogen and oxygen atoms in total. The number of ether oxygens (including phenoxy) is 2. The van der Waals surface area contributed by atoms with Crippen molar-refractivity contribution >= 4 is 10.9 Å². The third-order valence-electron chi connectivity index (χ3n) is 6.95. The van der Waals surface area contributed by atoms with E-state index in [9.17, 15) is 13.9 Å². The predicted octanol–water partition coefficient (Wildman–Crippen LogP) is 4.79. The highest BCUT2D eigenvalue weighted by Gasteiger charge is 2.27. The van der Waals surface area contributed by atoms with Crippen molar-refractivity contribution in [3.63, 3.8) is 0 Å². The molecule has 2 N–H and O–H groups in total. The van der Waals surface area contributed by atoms with Gasteiger partial charge in [-0.25, -0.2) is 0 Å². The molecule has 0 bridgehead atoms. The van der Waals surface area contributed by atoms with Crippen molar-refractivity contribution in [2.24, 2.45) is 0 Å². The van der Waals surface area contributed by atoms with Crippen LogP contribution >= 0.6 is 0 Å². The van der Waals surface area contributed by atoms with Gasteiger partial charge in [0.25, 0.3) is 0 Å². The molecule has 0 amide bonds. The van der Waals surface area contributed by atoms with Crippen LogP contribution in [0, 0.1) is 11.3 Å². The number of aliphatic hydroxyl groups excluding tert-OH is 1. The average Bonchev–Trinajstić information content (AvgIpc) is 3.38. The van der Waals surface area contributed by atoms with Gasteiger partial charge in [0.05, 0.1) is 11.6 Å². The van der Waals surface area contributed by atoms with Gasteiger partial charge in [-0.3, -0.25) is 9.80 Å². The minimum Gasteiger partial charge on any atom is -0.490 e. The summed E-state index contributed by atoms with van der Waals surface area (Å²) in [5, 5.41) is 20.7. The van der Waals surface area contributed by atoms with Crippen LogP contribution in [0.1, 0.15) is 22.9 Å². The number of aromatic nitrogens is 1. The van der Waals surface area contributed by atoms with Gasteiger partial charge in [-0.05, 0) is 41.5 Å². The molecule has 1 aromatic heterocycles. The third kappa shape index (κ3) is 6.55. The van der Waals surface area contributed by atoms with Crippen LogP contribution in [0.5, 0.6) is 11.5 Å². The largest absolute Gasteiger partial charge is 0.490 e. The Labute approximate surface area is 225 Å². The zero-order valence-corrected chi connectivity index (χ0v) is 21.3. The van der Waals surface area contributed by atoms with Crippen LogP contribution in [0.4, 0.5) is 8.78 Å². The highest BCUT2D eigenvalue weighted by molar-refractivity contribution is 5.87. The minimum absolute atomic E-state index is 0.0256. The van der Waals surface area contributed by atoms with Crippen molar-refractivity contribution in [3.8, 4) is 17.6 Å². The second-order valence-electron chi connectivity index (χ2n) is 9.57. The maximum atomic E-state index is 12.6. The third-order valence-corrected chi connectivity index (χ3v) is 6.95. The molecule has 0 aliphatic carbocycles. The number of β-amino-alcohol motifs (C(OH)–C–C–N with tert-alkyl or cyclic N) is 1. The van der Waals surface area contributed by atoms with Gasteiger partial charge in [-0.1, -0.05) is 48.5 Å². The molecule has 2 unspecified atom stereocenters. The normalized spacial score (nSPS) is 16.2. The van der Waals surface area contributed by atoms with Crippen LogP contribution < -0.4 is 9.47 Å². The maximum absolute atomic E-state index is 12.6. The summed E-state index contributed by atoms with van der Waals surface area (Å²) in [6.07, 6.45) is -0.673. The average molecular weight is 533 g/mol. The SMILES string of the molecule is N#Cc1cc2c(OCC(O)CN3CCN(C(c4ccccc4)c4ccc(OC(F)F)cc4)CC3)cccc2[nH]1. The highest BCUT2D eigenvalue weighted by atomic mass is 19.3. The lowest BCUT2D eigenvalue weighted by Gasteiger charge is -2.40. The van der Waals surface area contributed by atoms with Crippen molar-refractivity contribution < 1.29 is 23.4 Å². The maximum Gasteiger partial charge on any atom is 0.387 e. The Balaban J connectivity index is 1.19. The van der Waals surface area contributed by atoms with Gasteiger partial charge in [0.1, 0.15) is 36.0 Å². The van der Waals surface area contributed by atoms with E-state index in [-0.39, 0.29) is 18.4 Å². The van der Waals surface area contributed by atoms with Crippen molar-refractivity contribution in [2.45, 2.75) is 18.8 Å². The zero-order chi connectivity index (χ0) is 27.2. The van der Waals surface area contributed by atoms with Crippen LogP contribution in [0.2, 0.25) is 0 Å². The fraction of sp³-hybridized carbons (Fsp3) is 0.300. The van der Waals surface area contributed by atoms with Gasteiger partial charge in [0.15, 0.2) is 0 Å². The standard InChI is InChI=1S/C30H30F2N4O3/c31-30(32)39-25-11-9-22(10-12-25)29(21-5-2-1-3-6-21)36-15-13-35(14-16-36)19-24(37)20-38-28-8-4-7-27-26(28)17-23(18-33)34-27/h1-12,17,24,29-30,34,37H,13-16,19-20H2. The fourth-order valence-corrected chi connectivity index (χ4v) is 5.14. The van der Waals surface area contributed by atoms with E-state index in [2.05, 4.69) is 37.7 Å². The molecular weight excluding hydrogens is 502 g/mol. The number of halogens is 2. The number of fused-ring (bicyclic) bond motifs is 1. The second-order valence-corrected chi connectivity index (χ2v) is 9.57. The number of hydrogen-bond acceptors (Lipinski definition) is 6. The van der Waals surface area contributed by atoms with Crippen molar-refractivity contribution in [3.05, 3.63) is 95.7 Å². The first kappa shape index (κ1) is 26.6. The molecule has 3 aromatic carbocycles. The number of piperazine rings is 1. The van der Waals surface area contributed by atoms with Gasteiger partial charge in [-0.2, -0.15) is 14.0 Å². The summed E-state index contributed by atoms with van der Waals surface area (Å²) in [5.74, 6) is 0.768. The molecule has 1 saturated heterocycles. The van der Waals surface area contributed by atoms with Crippen LogP contribution in [0.15, 0.2) is 78.9 Å². The Bertz CT molecular complexity index is 1400. The Kier molecular flexibility index (Phi) is 8.37. The Morgan fingerprint density at radius 3 is 2.33 bits per heavy atom. The van der Waals surface area contributed by atoms with E-state index in [0.717, 1.165) is 48.2 Å². The van der Waals surface area contributed by atoms with Crippen molar-refractivity contribution in [1.29, 1.82) is 5.26 Å². The summed E-state index contributed by atoms with van der Waals surface area (Å²) in [4.78, 5) is 7.62. The molecule has 39 heavy (non-hydrogen) atoms. The first-order valence-corrected chi connectivity index (χ1v) is 12.9. The number of benzene rings is 3. The van der Waals surface area contributed by atoms with E-state index >= 15 is 0 Å². The van der Waals surface area contributed by atoms with Gasteiger partial charge < -0.3 is 19.6 Å². The topological polar surface area (TPSA) is 84.8 Å². The molecule has 0 spiro atoms. The fourth-order valence-electron chi connectivity index (χ4n) is 5.14. The molecule has 4 aromatic rings. The second kappa shape index (κ2) is 12.3. The number of rotatable bonds is 10. The first-order valence-electron chi connectivity index (χ1n) is 12.9. The number of aliphatic hydroxyl groups is 1. The summed E-state index contributed by atoms with van der Waals surface area (Å²) in [6.45, 7) is 0.873.